The molecule has 0 atom stereocenters. The number of amides is 1. The Labute approximate surface area is 86.8 Å². The number of carbonyl (C=O) groups is 2. The molecule has 1 N–H and O–H groups in total. The van der Waals surface area contributed by atoms with E-state index in [-0.39, 0.29) is 6.54 Å². The van der Waals surface area contributed by atoms with Crippen LogP contribution < -0.4 is 0 Å². The van der Waals surface area contributed by atoms with Gasteiger partial charge >= 0.3 is 11.9 Å². The molecule has 2 saturated heterocycles. The van der Waals surface area contributed by atoms with Gasteiger partial charge in [-0.2, -0.15) is 0 Å². The van der Waals surface area contributed by atoms with Crippen LogP contribution in [-0.4, -0.2) is 54.0 Å². The zero-order valence-corrected chi connectivity index (χ0v) is 8.27. The van der Waals surface area contributed by atoms with Crippen LogP contribution in [-0.2, 0) is 19.1 Å². The van der Waals surface area contributed by atoms with Gasteiger partial charge in [0.2, 0.25) is 0 Å². The monoisotopic (exact) mass is 215 g/mol. The average Bonchev–Trinajstić information content (AvgIpc) is 2.65. The fourth-order valence-electron chi connectivity index (χ4n) is 2.03. The first-order chi connectivity index (χ1) is 7.13. The molecule has 0 saturated carbocycles. The molecule has 2 heterocycles. The van der Waals surface area contributed by atoms with Crippen LogP contribution in [0.5, 0.6) is 0 Å². The second-order valence-electron chi connectivity index (χ2n) is 3.74. The van der Waals surface area contributed by atoms with E-state index in [9.17, 15) is 9.59 Å². The van der Waals surface area contributed by atoms with E-state index < -0.39 is 17.7 Å². The van der Waals surface area contributed by atoms with Gasteiger partial charge in [0.25, 0.3) is 0 Å². The van der Waals surface area contributed by atoms with Crippen molar-refractivity contribution >= 4 is 11.9 Å². The number of aliphatic carboxylic acids is 1. The third kappa shape index (κ3) is 1.95. The first kappa shape index (κ1) is 10.4. The molecule has 0 radical (unpaired) electrons. The van der Waals surface area contributed by atoms with Gasteiger partial charge in [-0.25, -0.2) is 4.79 Å². The van der Waals surface area contributed by atoms with E-state index in [2.05, 4.69) is 0 Å². The zero-order valence-electron chi connectivity index (χ0n) is 8.27. The van der Waals surface area contributed by atoms with E-state index in [1.807, 2.05) is 0 Å². The highest BCUT2D eigenvalue weighted by Gasteiger charge is 2.43. The van der Waals surface area contributed by atoms with Crippen LogP contribution in [0.2, 0.25) is 0 Å². The van der Waals surface area contributed by atoms with E-state index in [1.54, 1.807) is 0 Å². The molecule has 0 aromatic heterocycles. The third-order valence-corrected chi connectivity index (χ3v) is 2.70. The molecule has 1 amide bonds. The van der Waals surface area contributed by atoms with Gasteiger partial charge in [0.1, 0.15) is 0 Å². The Morgan fingerprint density at radius 1 is 1.27 bits per heavy atom. The number of carbonyl (C=O) groups excluding carboxylic acids is 1. The number of ether oxygens (including phenoxy) is 2. The SMILES string of the molecule is O=C(O)C(=O)N1CCCC2(C1)OCCO2. The lowest BCUT2D eigenvalue weighted by molar-refractivity contribution is -0.195. The summed E-state index contributed by atoms with van der Waals surface area (Å²) in [7, 11) is 0. The Balaban J connectivity index is 2.03. The van der Waals surface area contributed by atoms with E-state index in [0.29, 0.717) is 26.2 Å². The van der Waals surface area contributed by atoms with Crippen LogP contribution in [0, 0.1) is 0 Å². The van der Waals surface area contributed by atoms with Gasteiger partial charge in [-0.15, -0.1) is 0 Å². The van der Waals surface area contributed by atoms with Crippen molar-refractivity contribution in [2.24, 2.45) is 0 Å². The highest BCUT2D eigenvalue weighted by atomic mass is 16.7. The van der Waals surface area contributed by atoms with Crippen molar-refractivity contribution in [3.05, 3.63) is 0 Å². The number of piperidine rings is 1. The van der Waals surface area contributed by atoms with Crippen molar-refractivity contribution in [3.8, 4) is 0 Å². The van der Waals surface area contributed by atoms with Crippen LogP contribution in [0.4, 0.5) is 0 Å². The summed E-state index contributed by atoms with van der Waals surface area (Å²) in [5.74, 6) is -3.05. The highest BCUT2D eigenvalue weighted by molar-refractivity contribution is 6.31. The number of carboxylic acid groups (broad SMARTS) is 1. The van der Waals surface area contributed by atoms with Crippen molar-refractivity contribution < 1.29 is 24.2 Å². The molecule has 0 aliphatic carbocycles. The third-order valence-electron chi connectivity index (χ3n) is 2.70. The van der Waals surface area contributed by atoms with Crippen LogP contribution >= 0.6 is 0 Å². The highest BCUT2D eigenvalue weighted by Crippen LogP contribution is 2.29. The first-order valence-electron chi connectivity index (χ1n) is 4.93. The molecular weight excluding hydrogens is 202 g/mol. The Morgan fingerprint density at radius 2 is 1.93 bits per heavy atom. The molecule has 1 spiro atoms. The van der Waals surface area contributed by atoms with E-state index >= 15 is 0 Å². The summed E-state index contributed by atoms with van der Waals surface area (Å²) in [6.07, 6.45) is 1.43. The Bertz CT molecular complexity index is 284. The molecule has 6 nitrogen and oxygen atoms in total. The standard InChI is InChI=1S/C9H13NO5/c11-7(8(12)13)10-3-1-2-9(6-10)14-4-5-15-9/h1-6H2,(H,12,13). The minimum Gasteiger partial charge on any atom is -0.474 e. The van der Waals surface area contributed by atoms with Crippen molar-refractivity contribution in [1.82, 2.24) is 4.90 Å². The lowest BCUT2D eigenvalue weighted by Gasteiger charge is -2.37. The van der Waals surface area contributed by atoms with Crippen molar-refractivity contribution in [3.63, 3.8) is 0 Å². The summed E-state index contributed by atoms with van der Waals surface area (Å²) < 4.78 is 10.9. The molecule has 2 rings (SSSR count). The maximum atomic E-state index is 11.3. The normalized spacial score (nSPS) is 24.4. The van der Waals surface area contributed by atoms with Gasteiger partial charge in [0.15, 0.2) is 5.79 Å². The number of hydrogen-bond donors (Lipinski definition) is 1. The minimum absolute atomic E-state index is 0.220. The molecule has 0 aromatic rings. The molecule has 2 aliphatic heterocycles. The number of rotatable bonds is 0. The van der Waals surface area contributed by atoms with Crippen molar-refractivity contribution in [2.75, 3.05) is 26.3 Å². The summed E-state index contributed by atoms with van der Waals surface area (Å²) in [5.41, 5.74) is 0. The summed E-state index contributed by atoms with van der Waals surface area (Å²) in [6.45, 7) is 1.70. The smallest absolute Gasteiger partial charge is 0.394 e. The number of nitrogens with zero attached hydrogens (tertiary/aromatic N) is 1. The number of carboxylic acids is 1. The van der Waals surface area contributed by atoms with Gasteiger partial charge in [0.05, 0.1) is 19.8 Å². The van der Waals surface area contributed by atoms with Crippen LogP contribution in [0.15, 0.2) is 0 Å². The number of likely N-dealkylation sites (tertiary alicyclic amines) is 1. The van der Waals surface area contributed by atoms with Crippen LogP contribution in [0.3, 0.4) is 0 Å². The van der Waals surface area contributed by atoms with Crippen LogP contribution in [0.25, 0.3) is 0 Å². The molecule has 2 aliphatic rings. The molecule has 2 fully saturated rings. The molecule has 0 bridgehead atoms. The van der Waals surface area contributed by atoms with E-state index in [4.69, 9.17) is 14.6 Å². The summed E-state index contributed by atoms with van der Waals surface area (Å²) in [6, 6.07) is 0. The predicted octanol–water partition coefficient (Wildman–Crippen LogP) is -0.563. The fourth-order valence-corrected chi connectivity index (χ4v) is 2.03. The first-order valence-corrected chi connectivity index (χ1v) is 4.93. The van der Waals surface area contributed by atoms with Crippen LogP contribution in [0.1, 0.15) is 12.8 Å². The van der Waals surface area contributed by atoms with Crippen molar-refractivity contribution in [1.29, 1.82) is 0 Å². The Kier molecular flexibility index (Phi) is 2.62. The predicted molar refractivity (Wildman–Crippen MR) is 48.1 cm³/mol. The maximum absolute atomic E-state index is 11.3. The van der Waals surface area contributed by atoms with E-state index in [0.717, 1.165) is 6.42 Å². The van der Waals surface area contributed by atoms with Gasteiger partial charge < -0.3 is 19.5 Å². The fraction of sp³-hybridized carbons (Fsp3) is 0.778. The maximum Gasteiger partial charge on any atom is 0.394 e. The second kappa shape index (κ2) is 3.79. The van der Waals surface area contributed by atoms with Gasteiger partial charge in [0, 0.05) is 13.0 Å². The molecule has 0 unspecified atom stereocenters. The summed E-state index contributed by atoms with van der Waals surface area (Å²) in [5, 5.41) is 8.59. The summed E-state index contributed by atoms with van der Waals surface area (Å²) >= 11 is 0. The lowest BCUT2D eigenvalue weighted by atomic mass is 10.0. The lowest BCUT2D eigenvalue weighted by Crippen LogP contribution is -2.52. The molecular formula is C9H13NO5. The Hall–Kier alpha value is -1.14. The van der Waals surface area contributed by atoms with Gasteiger partial charge in [-0.1, -0.05) is 0 Å². The zero-order chi connectivity index (χ0) is 10.9. The number of hydrogen-bond acceptors (Lipinski definition) is 4. The van der Waals surface area contributed by atoms with Crippen molar-refractivity contribution in [2.45, 2.75) is 18.6 Å². The average molecular weight is 215 g/mol. The quantitative estimate of drug-likeness (QED) is 0.548. The Morgan fingerprint density at radius 3 is 2.53 bits per heavy atom. The van der Waals surface area contributed by atoms with Gasteiger partial charge in [-0.3, -0.25) is 4.79 Å². The molecule has 0 aromatic carbocycles. The molecule has 6 heteroatoms. The van der Waals surface area contributed by atoms with E-state index in [1.165, 1.54) is 4.90 Å². The molecule has 84 valence electrons. The largest absolute Gasteiger partial charge is 0.474 e. The minimum atomic E-state index is -1.43. The molecule has 15 heavy (non-hydrogen) atoms. The second-order valence-corrected chi connectivity index (χ2v) is 3.74. The van der Waals surface area contributed by atoms with Gasteiger partial charge in [-0.05, 0) is 6.42 Å². The topological polar surface area (TPSA) is 76.1 Å². The summed E-state index contributed by atoms with van der Waals surface area (Å²) in [4.78, 5) is 23.1.